The molecular formula is C18H19NO3. The van der Waals surface area contributed by atoms with Crippen LogP contribution in [0, 0.1) is 6.92 Å². The molecular weight excluding hydrogens is 278 g/mol. The van der Waals surface area contributed by atoms with Gasteiger partial charge >= 0.3 is 0 Å². The maximum atomic E-state index is 12.6. The highest BCUT2D eigenvalue weighted by molar-refractivity contribution is 5.94. The summed E-state index contributed by atoms with van der Waals surface area (Å²) in [5, 5.41) is 0. The van der Waals surface area contributed by atoms with E-state index < -0.39 is 0 Å². The number of fused-ring (bicyclic) bond motifs is 1. The monoisotopic (exact) mass is 297 g/mol. The normalized spacial score (nSPS) is 12.3. The number of carbonyl (C=O) groups is 1. The van der Waals surface area contributed by atoms with Crippen LogP contribution in [0.1, 0.15) is 28.4 Å². The van der Waals surface area contributed by atoms with Crippen LogP contribution in [-0.2, 0) is 6.54 Å². The van der Waals surface area contributed by atoms with Crippen LogP contribution < -0.4 is 9.47 Å². The highest BCUT2D eigenvalue weighted by atomic mass is 16.7. The van der Waals surface area contributed by atoms with E-state index in [4.69, 9.17) is 9.47 Å². The zero-order chi connectivity index (χ0) is 15.5. The third-order valence-corrected chi connectivity index (χ3v) is 3.74. The number of benzene rings is 2. The third kappa shape index (κ3) is 2.91. The first-order valence-corrected chi connectivity index (χ1v) is 7.42. The maximum Gasteiger partial charge on any atom is 0.254 e. The van der Waals surface area contributed by atoms with E-state index in [1.165, 1.54) is 0 Å². The minimum Gasteiger partial charge on any atom is -0.454 e. The number of rotatable bonds is 4. The molecule has 22 heavy (non-hydrogen) atoms. The van der Waals surface area contributed by atoms with Crippen molar-refractivity contribution in [3.8, 4) is 11.5 Å². The van der Waals surface area contributed by atoms with Crippen LogP contribution in [0.2, 0.25) is 0 Å². The van der Waals surface area contributed by atoms with Crippen molar-refractivity contribution in [2.24, 2.45) is 0 Å². The van der Waals surface area contributed by atoms with Gasteiger partial charge in [-0.3, -0.25) is 4.79 Å². The minimum atomic E-state index is 0.0452. The first kappa shape index (κ1) is 14.4. The van der Waals surface area contributed by atoms with Crippen molar-refractivity contribution in [3.63, 3.8) is 0 Å². The molecule has 0 fully saturated rings. The summed E-state index contributed by atoms with van der Waals surface area (Å²) in [6, 6.07) is 13.5. The standard InChI is InChI=1S/C18H19NO3/c1-3-19(18(20)15-6-4-5-13(2)9-15)11-14-7-8-16-17(10-14)22-12-21-16/h4-10H,3,11-12H2,1-2H3. The summed E-state index contributed by atoms with van der Waals surface area (Å²) in [7, 11) is 0. The number of amides is 1. The first-order valence-electron chi connectivity index (χ1n) is 7.42. The van der Waals surface area contributed by atoms with E-state index in [2.05, 4.69) is 0 Å². The molecule has 0 N–H and O–H groups in total. The van der Waals surface area contributed by atoms with Gasteiger partial charge in [-0.25, -0.2) is 0 Å². The summed E-state index contributed by atoms with van der Waals surface area (Å²) in [5.41, 5.74) is 2.85. The molecule has 0 saturated heterocycles. The van der Waals surface area contributed by atoms with Gasteiger partial charge < -0.3 is 14.4 Å². The molecule has 1 aliphatic heterocycles. The fourth-order valence-corrected chi connectivity index (χ4v) is 2.55. The van der Waals surface area contributed by atoms with Gasteiger partial charge in [-0.1, -0.05) is 23.8 Å². The molecule has 3 rings (SSSR count). The van der Waals surface area contributed by atoms with Gasteiger partial charge in [-0.2, -0.15) is 0 Å². The number of ether oxygens (including phenoxy) is 2. The smallest absolute Gasteiger partial charge is 0.254 e. The Balaban J connectivity index is 1.78. The molecule has 0 radical (unpaired) electrons. The third-order valence-electron chi connectivity index (χ3n) is 3.74. The predicted octanol–water partition coefficient (Wildman–Crippen LogP) is 3.39. The second-order valence-electron chi connectivity index (χ2n) is 5.38. The fraction of sp³-hybridized carbons (Fsp3) is 0.278. The Morgan fingerprint density at radius 1 is 1.14 bits per heavy atom. The van der Waals surface area contributed by atoms with Crippen LogP contribution in [0.5, 0.6) is 11.5 Å². The Labute approximate surface area is 130 Å². The van der Waals surface area contributed by atoms with E-state index in [9.17, 15) is 4.79 Å². The second-order valence-corrected chi connectivity index (χ2v) is 5.38. The Morgan fingerprint density at radius 3 is 2.73 bits per heavy atom. The Bertz CT molecular complexity index is 696. The molecule has 0 spiro atoms. The summed E-state index contributed by atoms with van der Waals surface area (Å²) < 4.78 is 10.7. The van der Waals surface area contributed by atoms with Gasteiger partial charge in [0.15, 0.2) is 11.5 Å². The largest absolute Gasteiger partial charge is 0.454 e. The molecule has 1 aliphatic rings. The number of carbonyl (C=O) groups excluding carboxylic acids is 1. The van der Waals surface area contributed by atoms with Crippen LogP contribution in [0.4, 0.5) is 0 Å². The molecule has 2 aromatic rings. The maximum absolute atomic E-state index is 12.6. The molecule has 0 atom stereocenters. The van der Waals surface area contributed by atoms with Crippen LogP contribution in [0.3, 0.4) is 0 Å². The van der Waals surface area contributed by atoms with Gasteiger partial charge in [0.1, 0.15) is 0 Å². The zero-order valence-electron chi connectivity index (χ0n) is 12.8. The van der Waals surface area contributed by atoms with Crippen LogP contribution >= 0.6 is 0 Å². The molecule has 0 bridgehead atoms. The van der Waals surface area contributed by atoms with E-state index >= 15 is 0 Å². The molecule has 0 unspecified atom stereocenters. The summed E-state index contributed by atoms with van der Waals surface area (Å²) in [6.45, 7) is 5.45. The lowest BCUT2D eigenvalue weighted by atomic mass is 10.1. The van der Waals surface area contributed by atoms with Gasteiger partial charge in [0.2, 0.25) is 6.79 Å². The minimum absolute atomic E-state index is 0.0452. The van der Waals surface area contributed by atoms with Crippen molar-refractivity contribution < 1.29 is 14.3 Å². The fourth-order valence-electron chi connectivity index (χ4n) is 2.55. The number of aryl methyl sites for hydroxylation is 1. The van der Waals surface area contributed by atoms with Crippen molar-refractivity contribution in [3.05, 3.63) is 59.2 Å². The summed E-state index contributed by atoms with van der Waals surface area (Å²) in [4.78, 5) is 14.5. The quantitative estimate of drug-likeness (QED) is 0.868. The lowest BCUT2D eigenvalue weighted by Crippen LogP contribution is -2.30. The molecule has 1 heterocycles. The van der Waals surface area contributed by atoms with Crippen molar-refractivity contribution in [1.82, 2.24) is 4.90 Å². The highest BCUT2D eigenvalue weighted by Crippen LogP contribution is 2.32. The molecule has 114 valence electrons. The summed E-state index contributed by atoms with van der Waals surface area (Å²) in [5.74, 6) is 1.55. The van der Waals surface area contributed by atoms with E-state index in [0.717, 1.165) is 28.2 Å². The molecule has 0 saturated carbocycles. The lowest BCUT2D eigenvalue weighted by Gasteiger charge is -2.21. The van der Waals surface area contributed by atoms with Crippen molar-refractivity contribution >= 4 is 5.91 Å². The average Bonchev–Trinajstić information content (AvgIpc) is 2.99. The number of nitrogens with zero attached hydrogens (tertiary/aromatic N) is 1. The summed E-state index contributed by atoms with van der Waals surface area (Å²) >= 11 is 0. The van der Waals surface area contributed by atoms with Crippen LogP contribution in [0.15, 0.2) is 42.5 Å². The number of hydrogen-bond acceptors (Lipinski definition) is 3. The molecule has 1 amide bonds. The summed E-state index contributed by atoms with van der Waals surface area (Å²) in [6.07, 6.45) is 0. The Morgan fingerprint density at radius 2 is 1.95 bits per heavy atom. The average molecular weight is 297 g/mol. The zero-order valence-corrected chi connectivity index (χ0v) is 12.8. The van der Waals surface area contributed by atoms with Crippen LogP contribution in [-0.4, -0.2) is 24.1 Å². The molecule has 4 heteroatoms. The van der Waals surface area contributed by atoms with Crippen molar-refractivity contribution in [2.45, 2.75) is 20.4 Å². The predicted molar refractivity (Wildman–Crippen MR) is 84.2 cm³/mol. The lowest BCUT2D eigenvalue weighted by molar-refractivity contribution is 0.0752. The van der Waals surface area contributed by atoms with E-state index in [1.807, 2.05) is 61.2 Å². The van der Waals surface area contributed by atoms with Crippen LogP contribution in [0.25, 0.3) is 0 Å². The SMILES string of the molecule is CCN(Cc1ccc2c(c1)OCO2)C(=O)c1cccc(C)c1. The highest BCUT2D eigenvalue weighted by Gasteiger charge is 2.17. The first-order chi connectivity index (χ1) is 10.7. The topological polar surface area (TPSA) is 38.8 Å². The van der Waals surface area contributed by atoms with E-state index in [0.29, 0.717) is 13.1 Å². The molecule has 0 aliphatic carbocycles. The van der Waals surface area contributed by atoms with Gasteiger partial charge in [0, 0.05) is 18.7 Å². The Hall–Kier alpha value is -2.49. The van der Waals surface area contributed by atoms with Crippen molar-refractivity contribution in [1.29, 1.82) is 0 Å². The molecule has 4 nitrogen and oxygen atoms in total. The van der Waals surface area contributed by atoms with Gasteiger partial charge in [0.05, 0.1) is 0 Å². The van der Waals surface area contributed by atoms with Gasteiger partial charge in [0.25, 0.3) is 5.91 Å². The second kappa shape index (κ2) is 6.10. The molecule has 2 aromatic carbocycles. The van der Waals surface area contributed by atoms with Gasteiger partial charge in [-0.15, -0.1) is 0 Å². The van der Waals surface area contributed by atoms with E-state index in [-0.39, 0.29) is 12.7 Å². The Kier molecular flexibility index (Phi) is 4.00. The van der Waals surface area contributed by atoms with Crippen molar-refractivity contribution in [2.75, 3.05) is 13.3 Å². The number of hydrogen-bond donors (Lipinski definition) is 0. The van der Waals surface area contributed by atoms with Gasteiger partial charge in [-0.05, 0) is 43.7 Å². The molecule has 0 aromatic heterocycles. The van der Waals surface area contributed by atoms with E-state index in [1.54, 1.807) is 0 Å².